The lowest BCUT2D eigenvalue weighted by molar-refractivity contribution is 0.546. The summed E-state index contributed by atoms with van der Waals surface area (Å²) in [6.07, 6.45) is 6.54. The Balaban J connectivity index is 2.86. The third-order valence-corrected chi connectivity index (χ3v) is 2.53. The average molecular weight is 172 g/mol. The fourth-order valence-electron chi connectivity index (χ4n) is 1.69. The molecular weight excluding hydrogens is 156 g/mol. The van der Waals surface area contributed by atoms with Crippen molar-refractivity contribution in [3.05, 3.63) is 35.9 Å². The summed E-state index contributed by atoms with van der Waals surface area (Å²) in [4.78, 5) is 0. The van der Waals surface area contributed by atoms with Gasteiger partial charge in [0, 0.05) is 5.92 Å². The molecule has 0 radical (unpaired) electrons. The maximum Gasteiger partial charge on any atom is 0.0240 e. The van der Waals surface area contributed by atoms with Gasteiger partial charge in [0.2, 0.25) is 0 Å². The van der Waals surface area contributed by atoms with E-state index in [1.165, 1.54) is 5.56 Å². The van der Waals surface area contributed by atoms with Crippen molar-refractivity contribution < 1.29 is 0 Å². The highest BCUT2D eigenvalue weighted by Gasteiger charge is 2.14. The highest BCUT2D eigenvalue weighted by Crippen LogP contribution is 2.26. The van der Waals surface area contributed by atoms with Gasteiger partial charge in [-0.25, -0.2) is 0 Å². The van der Waals surface area contributed by atoms with E-state index in [9.17, 15) is 0 Å². The molecular formula is C13H16. The maximum atomic E-state index is 5.44. The maximum absolute atomic E-state index is 5.44. The molecule has 0 aliphatic heterocycles. The number of terminal acetylenes is 1. The van der Waals surface area contributed by atoms with Crippen LogP contribution in [-0.2, 0) is 0 Å². The predicted octanol–water partition coefficient (Wildman–Crippen LogP) is 3.45. The second-order valence-electron chi connectivity index (χ2n) is 3.38. The Morgan fingerprint density at radius 2 is 1.92 bits per heavy atom. The zero-order valence-corrected chi connectivity index (χ0v) is 8.33. The van der Waals surface area contributed by atoms with Gasteiger partial charge in [0.05, 0.1) is 0 Å². The molecule has 0 aromatic heterocycles. The van der Waals surface area contributed by atoms with Crippen molar-refractivity contribution in [2.75, 3.05) is 0 Å². The molecule has 0 bridgehead atoms. The minimum atomic E-state index is 0.326. The zero-order chi connectivity index (χ0) is 9.68. The number of benzene rings is 1. The Labute approximate surface area is 81.0 Å². The standard InChI is InChI=1S/C13H16/c1-4-11(3)13(5-2)12-9-7-6-8-10-12/h1,6-11,13H,5H2,2-3H3/t11?,13-/m1/s1. The van der Waals surface area contributed by atoms with Crippen LogP contribution in [0, 0.1) is 18.3 Å². The van der Waals surface area contributed by atoms with E-state index >= 15 is 0 Å². The fourth-order valence-corrected chi connectivity index (χ4v) is 1.69. The lowest BCUT2D eigenvalue weighted by atomic mass is 9.86. The highest BCUT2D eigenvalue weighted by molar-refractivity contribution is 5.22. The van der Waals surface area contributed by atoms with Gasteiger partial charge in [-0.3, -0.25) is 0 Å². The Bertz CT molecular complexity index is 279. The summed E-state index contributed by atoms with van der Waals surface area (Å²) in [6.45, 7) is 4.30. The molecule has 0 amide bonds. The van der Waals surface area contributed by atoms with Gasteiger partial charge < -0.3 is 0 Å². The molecule has 0 saturated heterocycles. The minimum Gasteiger partial charge on any atom is -0.120 e. The van der Waals surface area contributed by atoms with E-state index in [-0.39, 0.29) is 0 Å². The first-order valence-corrected chi connectivity index (χ1v) is 4.80. The van der Waals surface area contributed by atoms with Gasteiger partial charge in [-0.2, -0.15) is 0 Å². The molecule has 0 heteroatoms. The predicted molar refractivity (Wildman–Crippen MR) is 57.5 cm³/mol. The molecule has 2 atom stereocenters. The highest BCUT2D eigenvalue weighted by atomic mass is 14.2. The van der Waals surface area contributed by atoms with Crippen molar-refractivity contribution in [2.24, 2.45) is 5.92 Å². The Kier molecular flexibility index (Phi) is 3.58. The molecule has 1 aromatic rings. The smallest absolute Gasteiger partial charge is 0.0240 e. The van der Waals surface area contributed by atoms with E-state index < -0.39 is 0 Å². The van der Waals surface area contributed by atoms with Crippen LogP contribution in [-0.4, -0.2) is 0 Å². The van der Waals surface area contributed by atoms with Gasteiger partial charge in [-0.05, 0) is 17.9 Å². The normalized spacial score (nSPS) is 14.5. The third-order valence-electron chi connectivity index (χ3n) is 2.53. The largest absolute Gasteiger partial charge is 0.120 e. The lowest BCUT2D eigenvalue weighted by Gasteiger charge is -2.18. The van der Waals surface area contributed by atoms with Gasteiger partial charge in [0.1, 0.15) is 0 Å². The van der Waals surface area contributed by atoms with Crippen LogP contribution in [0.15, 0.2) is 30.3 Å². The second-order valence-corrected chi connectivity index (χ2v) is 3.38. The molecule has 0 spiro atoms. The Morgan fingerprint density at radius 3 is 2.38 bits per heavy atom. The molecule has 0 fully saturated rings. The molecule has 1 rings (SSSR count). The van der Waals surface area contributed by atoms with Crippen LogP contribution in [0.4, 0.5) is 0 Å². The molecule has 1 unspecified atom stereocenters. The van der Waals surface area contributed by atoms with Crippen molar-refractivity contribution in [3.63, 3.8) is 0 Å². The van der Waals surface area contributed by atoms with Crippen molar-refractivity contribution in [2.45, 2.75) is 26.2 Å². The second kappa shape index (κ2) is 4.72. The summed E-state index contributed by atoms with van der Waals surface area (Å²) in [5, 5.41) is 0. The first-order valence-electron chi connectivity index (χ1n) is 4.80. The number of hydrogen-bond acceptors (Lipinski definition) is 0. The Morgan fingerprint density at radius 1 is 1.31 bits per heavy atom. The summed E-state index contributed by atoms with van der Waals surface area (Å²) in [5.41, 5.74) is 1.36. The van der Waals surface area contributed by atoms with Crippen molar-refractivity contribution >= 4 is 0 Å². The van der Waals surface area contributed by atoms with Gasteiger partial charge in [0.15, 0.2) is 0 Å². The molecule has 0 nitrogen and oxygen atoms in total. The first kappa shape index (κ1) is 9.86. The third kappa shape index (κ3) is 2.36. The van der Waals surface area contributed by atoms with Crippen LogP contribution in [0.5, 0.6) is 0 Å². The van der Waals surface area contributed by atoms with Crippen LogP contribution in [0.25, 0.3) is 0 Å². The van der Waals surface area contributed by atoms with Crippen LogP contribution < -0.4 is 0 Å². The molecule has 1 aromatic carbocycles. The van der Waals surface area contributed by atoms with Gasteiger partial charge in [-0.1, -0.05) is 44.2 Å². The van der Waals surface area contributed by atoms with Crippen LogP contribution in [0.2, 0.25) is 0 Å². The van der Waals surface area contributed by atoms with E-state index in [4.69, 9.17) is 6.42 Å². The zero-order valence-electron chi connectivity index (χ0n) is 8.33. The molecule has 13 heavy (non-hydrogen) atoms. The average Bonchev–Trinajstić information content (AvgIpc) is 2.20. The summed E-state index contributed by atoms with van der Waals surface area (Å²) in [5.74, 6) is 3.65. The van der Waals surface area contributed by atoms with Gasteiger partial charge >= 0.3 is 0 Å². The summed E-state index contributed by atoms with van der Waals surface area (Å²) in [6, 6.07) is 10.5. The topological polar surface area (TPSA) is 0 Å². The quantitative estimate of drug-likeness (QED) is 0.613. The minimum absolute atomic E-state index is 0.326. The fraction of sp³-hybridized carbons (Fsp3) is 0.385. The van der Waals surface area contributed by atoms with Crippen molar-refractivity contribution in [1.82, 2.24) is 0 Å². The number of hydrogen-bond donors (Lipinski definition) is 0. The summed E-state index contributed by atoms with van der Waals surface area (Å²) < 4.78 is 0. The van der Waals surface area contributed by atoms with Crippen molar-refractivity contribution in [1.29, 1.82) is 0 Å². The molecule has 68 valence electrons. The van der Waals surface area contributed by atoms with Crippen LogP contribution in [0.1, 0.15) is 31.7 Å². The van der Waals surface area contributed by atoms with Crippen LogP contribution >= 0.6 is 0 Å². The molecule has 0 saturated carbocycles. The van der Waals surface area contributed by atoms with Crippen LogP contribution in [0.3, 0.4) is 0 Å². The van der Waals surface area contributed by atoms with E-state index in [1.807, 2.05) is 6.07 Å². The summed E-state index contributed by atoms with van der Waals surface area (Å²) >= 11 is 0. The SMILES string of the molecule is C#CC(C)[C@@H](CC)c1ccccc1. The van der Waals surface area contributed by atoms with Gasteiger partial charge in [-0.15, -0.1) is 12.3 Å². The monoisotopic (exact) mass is 172 g/mol. The van der Waals surface area contributed by atoms with Gasteiger partial charge in [0.25, 0.3) is 0 Å². The molecule has 0 heterocycles. The number of rotatable bonds is 3. The van der Waals surface area contributed by atoms with E-state index in [0.717, 1.165) is 6.42 Å². The van der Waals surface area contributed by atoms with E-state index in [1.54, 1.807) is 0 Å². The molecule has 0 aliphatic rings. The molecule has 0 N–H and O–H groups in total. The van der Waals surface area contributed by atoms with E-state index in [0.29, 0.717) is 11.8 Å². The van der Waals surface area contributed by atoms with E-state index in [2.05, 4.69) is 44.0 Å². The summed E-state index contributed by atoms with van der Waals surface area (Å²) in [7, 11) is 0. The lowest BCUT2D eigenvalue weighted by Crippen LogP contribution is -2.06. The Hall–Kier alpha value is -1.22. The first-order chi connectivity index (χ1) is 6.29. The molecule has 0 aliphatic carbocycles. The van der Waals surface area contributed by atoms with Crippen molar-refractivity contribution in [3.8, 4) is 12.3 Å².